The molecule has 0 aliphatic rings. The largest absolute Gasteiger partial charge is 0.335 e. The summed E-state index contributed by atoms with van der Waals surface area (Å²) >= 11 is 0. The van der Waals surface area contributed by atoms with Crippen molar-refractivity contribution in [2.24, 2.45) is 5.73 Å². The van der Waals surface area contributed by atoms with Crippen LogP contribution in [0.5, 0.6) is 0 Å². The Morgan fingerprint density at radius 3 is 2.62 bits per heavy atom. The molecule has 1 atom stereocenters. The highest BCUT2D eigenvalue weighted by Crippen LogP contribution is 2.15. The van der Waals surface area contributed by atoms with Crippen molar-refractivity contribution >= 4 is 5.91 Å². The number of carbonyl (C=O) groups is 1. The number of amides is 1. The second-order valence-electron chi connectivity index (χ2n) is 6.06. The van der Waals surface area contributed by atoms with Crippen LogP contribution in [-0.4, -0.2) is 53.4 Å². The fourth-order valence-corrected chi connectivity index (χ4v) is 2.27. The van der Waals surface area contributed by atoms with E-state index in [1.54, 1.807) is 12.4 Å². The molecule has 0 spiro atoms. The SMILES string of the molecule is CCCC(C)(N)C(=O)N(CCN(C)C)Cc1cccnc1. The van der Waals surface area contributed by atoms with Gasteiger partial charge in [0.15, 0.2) is 0 Å². The van der Waals surface area contributed by atoms with Gasteiger partial charge < -0.3 is 15.5 Å². The van der Waals surface area contributed by atoms with Gasteiger partial charge in [0.25, 0.3) is 0 Å². The molecule has 0 aliphatic carbocycles. The zero-order valence-electron chi connectivity index (χ0n) is 13.7. The summed E-state index contributed by atoms with van der Waals surface area (Å²) in [4.78, 5) is 20.8. The van der Waals surface area contributed by atoms with Gasteiger partial charge in [-0.25, -0.2) is 0 Å². The van der Waals surface area contributed by atoms with Crippen molar-refractivity contribution in [1.82, 2.24) is 14.8 Å². The first-order valence-corrected chi connectivity index (χ1v) is 7.48. The summed E-state index contributed by atoms with van der Waals surface area (Å²) in [6.45, 7) is 5.90. The molecule has 0 saturated carbocycles. The molecule has 1 unspecified atom stereocenters. The van der Waals surface area contributed by atoms with Gasteiger partial charge in [-0.15, -0.1) is 0 Å². The fourth-order valence-electron chi connectivity index (χ4n) is 2.27. The van der Waals surface area contributed by atoms with E-state index in [0.29, 0.717) is 19.5 Å². The van der Waals surface area contributed by atoms with Crippen LogP contribution in [0.25, 0.3) is 0 Å². The van der Waals surface area contributed by atoms with Crippen LogP contribution in [-0.2, 0) is 11.3 Å². The summed E-state index contributed by atoms with van der Waals surface area (Å²) < 4.78 is 0. The zero-order valence-corrected chi connectivity index (χ0v) is 13.7. The van der Waals surface area contributed by atoms with E-state index in [1.165, 1.54) is 0 Å². The average molecular weight is 292 g/mol. The maximum absolute atomic E-state index is 12.7. The molecule has 1 amide bonds. The first kappa shape index (κ1) is 17.6. The number of nitrogens with two attached hydrogens (primary N) is 1. The Balaban J connectivity index is 2.83. The summed E-state index contributed by atoms with van der Waals surface area (Å²) in [7, 11) is 4.00. The maximum atomic E-state index is 12.7. The third-order valence-electron chi connectivity index (χ3n) is 3.46. The number of aromatic nitrogens is 1. The lowest BCUT2D eigenvalue weighted by molar-refractivity contribution is -0.137. The number of nitrogens with zero attached hydrogens (tertiary/aromatic N) is 3. The first-order valence-electron chi connectivity index (χ1n) is 7.48. The van der Waals surface area contributed by atoms with Crippen LogP contribution in [0.4, 0.5) is 0 Å². The second kappa shape index (κ2) is 8.10. The molecule has 2 N–H and O–H groups in total. The molecule has 0 aliphatic heterocycles. The van der Waals surface area contributed by atoms with E-state index in [9.17, 15) is 4.79 Å². The molecule has 5 heteroatoms. The van der Waals surface area contributed by atoms with E-state index >= 15 is 0 Å². The molecule has 118 valence electrons. The Morgan fingerprint density at radius 1 is 1.38 bits per heavy atom. The molecule has 0 saturated heterocycles. The van der Waals surface area contributed by atoms with Crippen LogP contribution in [0.2, 0.25) is 0 Å². The fraction of sp³-hybridized carbons (Fsp3) is 0.625. The van der Waals surface area contributed by atoms with Crippen molar-refractivity contribution in [2.45, 2.75) is 38.8 Å². The van der Waals surface area contributed by atoms with E-state index in [4.69, 9.17) is 5.73 Å². The minimum absolute atomic E-state index is 0.00931. The predicted molar refractivity (Wildman–Crippen MR) is 85.7 cm³/mol. The van der Waals surface area contributed by atoms with Gasteiger partial charge in [-0.2, -0.15) is 0 Å². The highest BCUT2D eigenvalue weighted by Gasteiger charge is 2.31. The van der Waals surface area contributed by atoms with Gasteiger partial charge in [-0.3, -0.25) is 9.78 Å². The van der Waals surface area contributed by atoms with Crippen LogP contribution in [0.3, 0.4) is 0 Å². The van der Waals surface area contributed by atoms with Gasteiger partial charge in [-0.05, 0) is 39.1 Å². The molecule has 0 radical (unpaired) electrons. The van der Waals surface area contributed by atoms with Gasteiger partial charge in [0.2, 0.25) is 5.91 Å². The third-order valence-corrected chi connectivity index (χ3v) is 3.46. The second-order valence-corrected chi connectivity index (χ2v) is 6.06. The normalized spacial score (nSPS) is 14.0. The van der Waals surface area contributed by atoms with E-state index in [-0.39, 0.29) is 5.91 Å². The van der Waals surface area contributed by atoms with Crippen molar-refractivity contribution < 1.29 is 4.79 Å². The zero-order chi connectivity index (χ0) is 15.9. The number of rotatable bonds is 8. The van der Waals surface area contributed by atoms with Crippen LogP contribution in [0.1, 0.15) is 32.3 Å². The van der Waals surface area contributed by atoms with Crippen molar-refractivity contribution in [3.63, 3.8) is 0 Å². The molecule has 1 rings (SSSR count). The van der Waals surface area contributed by atoms with Crippen molar-refractivity contribution in [3.8, 4) is 0 Å². The minimum Gasteiger partial charge on any atom is -0.335 e. The quantitative estimate of drug-likeness (QED) is 0.788. The molecular formula is C16H28N4O. The minimum atomic E-state index is -0.802. The lowest BCUT2D eigenvalue weighted by atomic mass is 9.95. The topological polar surface area (TPSA) is 62.5 Å². The Bertz CT molecular complexity index is 431. The summed E-state index contributed by atoms with van der Waals surface area (Å²) in [5.41, 5.74) is 6.43. The monoisotopic (exact) mass is 292 g/mol. The lowest BCUT2D eigenvalue weighted by Crippen LogP contribution is -2.54. The Hall–Kier alpha value is -1.46. The Morgan fingerprint density at radius 2 is 2.10 bits per heavy atom. The summed E-state index contributed by atoms with van der Waals surface area (Å²) in [5, 5.41) is 0. The van der Waals surface area contributed by atoms with Crippen LogP contribution in [0, 0.1) is 0 Å². The average Bonchev–Trinajstić information content (AvgIpc) is 2.43. The van der Waals surface area contributed by atoms with E-state index in [0.717, 1.165) is 18.5 Å². The summed E-state index contributed by atoms with van der Waals surface area (Å²) in [6.07, 6.45) is 5.12. The molecule has 21 heavy (non-hydrogen) atoms. The molecule has 1 heterocycles. The third kappa shape index (κ3) is 5.81. The number of carbonyl (C=O) groups excluding carboxylic acids is 1. The van der Waals surface area contributed by atoms with Gasteiger partial charge in [0.1, 0.15) is 0 Å². The smallest absolute Gasteiger partial charge is 0.242 e. The van der Waals surface area contributed by atoms with Crippen LogP contribution in [0.15, 0.2) is 24.5 Å². The number of pyridine rings is 1. The van der Waals surface area contributed by atoms with Crippen molar-refractivity contribution in [2.75, 3.05) is 27.2 Å². The van der Waals surface area contributed by atoms with E-state index < -0.39 is 5.54 Å². The molecular weight excluding hydrogens is 264 g/mol. The number of hydrogen-bond donors (Lipinski definition) is 1. The van der Waals surface area contributed by atoms with Gasteiger partial charge in [0.05, 0.1) is 5.54 Å². The predicted octanol–water partition coefficient (Wildman–Crippen LogP) is 1.49. The standard InChI is InChI=1S/C16H28N4O/c1-5-8-16(2,17)15(21)20(11-10-19(3)4)13-14-7-6-9-18-12-14/h6-7,9,12H,5,8,10-11,13,17H2,1-4H3. The number of likely N-dealkylation sites (N-methyl/N-ethyl adjacent to an activating group) is 1. The maximum Gasteiger partial charge on any atom is 0.242 e. The van der Waals surface area contributed by atoms with E-state index in [2.05, 4.69) is 9.88 Å². The highest BCUT2D eigenvalue weighted by atomic mass is 16.2. The molecule has 1 aromatic rings. The molecule has 0 aromatic carbocycles. The van der Waals surface area contributed by atoms with Gasteiger partial charge >= 0.3 is 0 Å². The van der Waals surface area contributed by atoms with E-state index in [1.807, 2.05) is 45.0 Å². The Labute approximate surface area is 128 Å². The van der Waals surface area contributed by atoms with Crippen molar-refractivity contribution in [3.05, 3.63) is 30.1 Å². The Kier molecular flexibility index (Phi) is 6.78. The van der Waals surface area contributed by atoms with Crippen LogP contribution >= 0.6 is 0 Å². The lowest BCUT2D eigenvalue weighted by Gasteiger charge is -2.32. The first-order chi connectivity index (χ1) is 9.86. The van der Waals surface area contributed by atoms with Crippen molar-refractivity contribution in [1.29, 1.82) is 0 Å². The molecule has 1 aromatic heterocycles. The summed E-state index contributed by atoms with van der Waals surface area (Å²) in [6, 6.07) is 3.87. The van der Waals surface area contributed by atoms with Gasteiger partial charge in [0, 0.05) is 32.0 Å². The molecule has 0 bridgehead atoms. The summed E-state index contributed by atoms with van der Waals surface area (Å²) in [5.74, 6) is 0.00931. The van der Waals surface area contributed by atoms with Crippen LogP contribution < -0.4 is 5.73 Å². The highest BCUT2D eigenvalue weighted by molar-refractivity contribution is 5.85. The number of hydrogen-bond acceptors (Lipinski definition) is 4. The molecule has 0 fully saturated rings. The molecule has 5 nitrogen and oxygen atoms in total. The van der Waals surface area contributed by atoms with Gasteiger partial charge in [-0.1, -0.05) is 19.4 Å².